The van der Waals surface area contributed by atoms with Gasteiger partial charge in [0.25, 0.3) is 0 Å². The highest BCUT2D eigenvalue weighted by Gasteiger charge is 2.22. The van der Waals surface area contributed by atoms with E-state index in [1.807, 2.05) is 41.5 Å². The molecule has 0 aliphatic carbocycles. The molecule has 1 N–H and O–H groups in total. The van der Waals surface area contributed by atoms with E-state index in [-0.39, 0.29) is 6.03 Å². The summed E-state index contributed by atoms with van der Waals surface area (Å²) in [5, 5.41) is 9.71. The number of amides is 2. The van der Waals surface area contributed by atoms with E-state index in [0.29, 0.717) is 31.2 Å². The summed E-state index contributed by atoms with van der Waals surface area (Å²) in [4.78, 5) is 25.2. The molecule has 0 bridgehead atoms. The Labute approximate surface area is 160 Å². The number of urea groups is 1. The van der Waals surface area contributed by atoms with Crippen LogP contribution in [0.1, 0.15) is 12.8 Å². The average molecular weight is 384 g/mol. The lowest BCUT2D eigenvalue weighted by Gasteiger charge is -2.35. The molecule has 0 unspecified atom stereocenters. The number of hydrogen-bond acceptors (Lipinski definition) is 7. The number of carbonyl (C=O) groups is 1. The molecular formula is C18H20N6O2S. The first kappa shape index (κ1) is 17.5. The molecular weight excluding hydrogens is 364 g/mol. The van der Waals surface area contributed by atoms with Gasteiger partial charge in [-0.3, -0.25) is 5.32 Å². The van der Waals surface area contributed by atoms with Crippen LogP contribution in [0.2, 0.25) is 0 Å². The molecule has 4 heterocycles. The minimum atomic E-state index is -0.0516. The fourth-order valence-electron chi connectivity index (χ4n) is 2.89. The maximum atomic E-state index is 12.3. The second kappa shape index (κ2) is 7.75. The highest BCUT2D eigenvalue weighted by Crippen LogP contribution is 2.20. The molecule has 2 amide bonds. The third-order valence-corrected chi connectivity index (χ3v) is 5.20. The standard InChI is InChI=1S/C18H20N6O2S/c1-2-15-20-17(22-26-15)13-5-6-14(19-12-13)23-7-9-24(10-8-23)18(25)21-16-4-3-11-27-16/h3-6,11-12H,2,7-10H2,1H3,(H,21,25). The summed E-state index contributed by atoms with van der Waals surface area (Å²) >= 11 is 1.52. The van der Waals surface area contributed by atoms with Crippen molar-refractivity contribution in [3.05, 3.63) is 41.7 Å². The quantitative estimate of drug-likeness (QED) is 0.744. The third-order valence-electron chi connectivity index (χ3n) is 4.42. The molecule has 3 aromatic heterocycles. The topological polar surface area (TPSA) is 87.4 Å². The molecule has 1 fully saturated rings. The van der Waals surface area contributed by atoms with Gasteiger partial charge in [-0.1, -0.05) is 12.1 Å². The molecule has 27 heavy (non-hydrogen) atoms. The van der Waals surface area contributed by atoms with Crippen LogP contribution < -0.4 is 10.2 Å². The molecule has 140 valence electrons. The summed E-state index contributed by atoms with van der Waals surface area (Å²) in [5.74, 6) is 2.06. The summed E-state index contributed by atoms with van der Waals surface area (Å²) in [6, 6.07) is 7.67. The molecule has 8 nitrogen and oxygen atoms in total. The maximum Gasteiger partial charge on any atom is 0.322 e. The van der Waals surface area contributed by atoms with Gasteiger partial charge in [0.15, 0.2) is 0 Å². The number of piperazine rings is 1. The number of thiophene rings is 1. The fraction of sp³-hybridized carbons (Fsp3) is 0.333. The number of hydrogen-bond donors (Lipinski definition) is 1. The van der Waals surface area contributed by atoms with Gasteiger partial charge in [0, 0.05) is 44.4 Å². The van der Waals surface area contributed by atoms with Crippen LogP contribution in [0.25, 0.3) is 11.4 Å². The SMILES string of the molecule is CCc1nc(-c2ccc(N3CCN(C(=O)Nc4cccs4)CC3)nc2)no1. The number of nitrogens with zero attached hydrogens (tertiary/aromatic N) is 5. The lowest BCUT2D eigenvalue weighted by molar-refractivity contribution is 0.208. The van der Waals surface area contributed by atoms with Gasteiger partial charge in [0.2, 0.25) is 11.7 Å². The number of nitrogens with one attached hydrogen (secondary N) is 1. The highest BCUT2D eigenvalue weighted by atomic mass is 32.1. The monoisotopic (exact) mass is 384 g/mol. The van der Waals surface area contributed by atoms with Crippen LogP contribution in [-0.2, 0) is 6.42 Å². The lowest BCUT2D eigenvalue weighted by atomic mass is 10.2. The first-order chi connectivity index (χ1) is 13.2. The Morgan fingerprint density at radius 3 is 2.74 bits per heavy atom. The first-order valence-corrected chi connectivity index (χ1v) is 9.74. The maximum absolute atomic E-state index is 12.3. The summed E-state index contributed by atoms with van der Waals surface area (Å²) < 4.78 is 5.14. The molecule has 1 aliphatic heterocycles. The average Bonchev–Trinajstić information content (AvgIpc) is 3.40. The minimum Gasteiger partial charge on any atom is -0.353 e. The Morgan fingerprint density at radius 1 is 1.26 bits per heavy atom. The normalized spacial score (nSPS) is 14.4. The number of pyridine rings is 1. The largest absolute Gasteiger partial charge is 0.353 e. The Bertz CT molecular complexity index is 885. The Hall–Kier alpha value is -2.94. The fourth-order valence-corrected chi connectivity index (χ4v) is 3.50. The Balaban J connectivity index is 1.34. The van der Waals surface area contributed by atoms with Crippen molar-refractivity contribution in [2.45, 2.75) is 13.3 Å². The van der Waals surface area contributed by atoms with Crippen LogP contribution in [0.5, 0.6) is 0 Å². The van der Waals surface area contributed by atoms with Gasteiger partial charge in [-0.15, -0.1) is 11.3 Å². The van der Waals surface area contributed by atoms with E-state index in [1.165, 1.54) is 11.3 Å². The summed E-state index contributed by atoms with van der Waals surface area (Å²) in [6.45, 7) is 4.77. The van der Waals surface area contributed by atoms with E-state index in [1.54, 1.807) is 6.20 Å². The smallest absolute Gasteiger partial charge is 0.322 e. The third kappa shape index (κ3) is 3.92. The van der Waals surface area contributed by atoms with Crippen LogP contribution in [-0.4, -0.2) is 52.2 Å². The Morgan fingerprint density at radius 2 is 2.11 bits per heavy atom. The number of aryl methyl sites for hydroxylation is 1. The highest BCUT2D eigenvalue weighted by molar-refractivity contribution is 7.14. The predicted octanol–water partition coefficient (Wildman–Crippen LogP) is 3.11. The summed E-state index contributed by atoms with van der Waals surface area (Å²) in [5.41, 5.74) is 0.830. The van der Waals surface area contributed by atoms with Crippen molar-refractivity contribution in [2.24, 2.45) is 0 Å². The number of rotatable bonds is 4. The van der Waals surface area contributed by atoms with Crippen LogP contribution in [0, 0.1) is 0 Å². The molecule has 0 atom stereocenters. The van der Waals surface area contributed by atoms with Gasteiger partial charge in [-0.25, -0.2) is 9.78 Å². The van der Waals surface area contributed by atoms with Crippen LogP contribution in [0.4, 0.5) is 15.6 Å². The lowest BCUT2D eigenvalue weighted by Crippen LogP contribution is -2.50. The van der Waals surface area contributed by atoms with Crippen LogP contribution in [0.3, 0.4) is 0 Å². The summed E-state index contributed by atoms with van der Waals surface area (Å²) in [7, 11) is 0. The second-order valence-corrected chi connectivity index (χ2v) is 7.10. The molecule has 9 heteroatoms. The van der Waals surface area contributed by atoms with Gasteiger partial charge in [0.05, 0.1) is 5.00 Å². The van der Waals surface area contributed by atoms with Crippen molar-refractivity contribution < 1.29 is 9.32 Å². The molecule has 4 rings (SSSR count). The zero-order valence-electron chi connectivity index (χ0n) is 15.0. The van der Waals surface area contributed by atoms with Crippen molar-refractivity contribution in [2.75, 3.05) is 36.4 Å². The number of anilines is 2. The van der Waals surface area contributed by atoms with Gasteiger partial charge < -0.3 is 14.3 Å². The molecule has 1 aliphatic rings. The molecule has 3 aromatic rings. The predicted molar refractivity (Wildman–Crippen MR) is 104 cm³/mol. The summed E-state index contributed by atoms with van der Waals surface area (Å²) in [6.07, 6.45) is 2.47. The van der Waals surface area contributed by atoms with Crippen molar-refractivity contribution in [3.63, 3.8) is 0 Å². The van der Waals surface area contributed by atoms with E-state index >= 15 is 0 Å². The molecule has 0 saturated carbocycles. The van der Waals surface area contributed by atoms with Crippen molar-refractivity contribution in [1.29, 1.82) is 0 Å². The van der Waals surface area contributed by atoms with Gasteiger partial charge >= 0.3 is 6.03 Å². The zero-order valence-corrected chi connectivity index (χ0v) is 15.8. The van der Waals surface area contributed by atoms with Gasteiger partial charge in [-0.2, -0.15) is 4.98 Å². The number of carbonyl (C=O) groups excluding carboxylic acids is 1. The van der Waals surface area contributed by atoms with Crippen molar-refractivity contribution in [1.82, 2.24) is 20.0 Å². The van der Waals surface area contributed by atoms with Crippen LogP contribution >= 0.6 is 11.3 Å². The second-order valence-electron chi connectivity index (χ2n) is 6.15. The van der Waals surface area contributed by atoms with Gasteiger partial charge in [-0.05, 0) is 29.6 Å². The van der Waals surface area contributed by atoms with E-state index < -0.39 is 0 Å². The molecule has 0 aromatic carbocycles. The van der Waals surface area contributed by atoms with Gasteiger partial charge in [0.1, 0.15) is 5.82 Å². The zero-order chi connectivity index (χ0) is 18.6. The molecule has 1 saturated heterocycles. The molecule has 0 spiro atoms. The number of aromatic nitrogens is 3. The molecule has 0 radical (unpaired) electrons. The van der Waals surface area contributed by atoms with Crippen LogP contribution in [0.15, 0.2) is 40.4 Å². The van der Waals surface area contributed by atoms with Crippen molar-refractivity contribution in [3.8, 4) is 11.4 Å². The van der Waals surface area contributed by atoms with E-state index in [2.05, 4.69) is 25.3 Å². The van der Waals surface area contributed by atoms with Crippen molar-refractivity contribution >= 4 is 28.2 Å². The first-order valence-electron chi connectivity index (χ1n) is 8.86. The van der Waals surface area contributed by atoms with E-state index in [4.69, 9.17) is 4.52 Å². The van der Waals surface area contributed by atoms with E-state index in [0.717, 1.165) is 29.5 Å². The van der Waals surface area contributed by atoms with E-state index in [9.17, 15) is 4.79 Å². The Kier molecular flexibility index (Phi) is 5.01. The minimum absolute atomic E-state index is 0.0516.